The van der Waals surface area contributed by atoms with Crippen LogP contribution in [-0.4, -0.2) is 79.9 Å². The number of esters is 1. The molecule has 6 atom stereocenters. The van der Waals surface area contributed by atoms with Gasteiger partial charge in [0.25, 0.3) is 0 Å². The molecule has 4 aromatic rings. The van der Waals surface area contributed by atoms with Crippen LogP contribution < -0.4 is 20.1 Å². The Hall–Kier alpha value is -3.12. The van der Waals surface area contributed by atoms with Crippen LogP contribution in [0.5, 0.6) is 11.6 Å². The molecule has 0 bridgehead atoms. The minimum absolute atomic E-state index is 0.0970. The van der Waals surface area contributed by atoms with Crippen LogP contribution in [0.15, 0.2) is 42.5 Å². The highest BCUT2D eigenvalue weighted by Gasteiger charge is 2.55. The SMILES string of the molecule is CCC[C@H](NP(=O)(OC[C@H]1OC(n2c(I)nc3c(OC)nc(N)nc32)[C@](C)(O)[C@@H]1O)Oc1cccc2ccccc12)C(=O)OCC(C)(C)C. The number of nitrogens with two attached hydrogens (primary N) is 1. The Morgan fingerprint density at radius 1 is 1.20 bits per heavy atom. The van der Waals surface area contributed by atoms with Crippen molar-refractivity contribution >= 4 is 64.2 Å². The summed E-state index contributed by atoms with van der Waals surface area (Å²) in [6.07, 6.45) is -3.17. The minimum atomic E-state index is -4.41. The first-order valence-electron chi connectivity index (χ1n) is 15.7. The number of carbonyl (C=O) groups is 1. The highest BCUT2D eigenvalue weighted by molar-refractivity contribution is 14.1. The summed E-state index contributed by atoms with van der Waals surface area (Å²) >= 11 is 1.94. The van der Waals surface area contributed by atoms with Crippen molar-refractivity contribution in [3.8, 4) is 11.6 Å². The molecule has 2 unspecified atom stereocenters. The molecule has 1 saturated heterocycles. The van der Waals surface area contributed by atoms with Gasteiger partial charge in [0, 0.05) is 28.0 Å². The molecular weight excluding hydrogens is 770 g/mol. The van der Waals surface area contributed by atoms with Crippen molar-refractivity contribution in [1.29, 1.82) is 0 Å². The maximum Gasteiger partial charge on any atom is 0.459 e. The van der Waals surface area contributed by atoms with Crippen LogP contribution in [0.4, 0.5) is 5.95 Å². The van der Waals surface area contributed by atoms with E-state index in [1.807, 2.05) is 80.6 Å². The first-order valence-corrected chi connectivity index (χ1v) is 18.4. The van der Waals surface area contributed by atoms with Gasteiger partial charge in [0.05, 0.1) is 20.3 Å². The number of nitrogens with one attached hydrogen (secondary N) is 1. The lowest BCUT2D eigenvalue weighted by Crippen LogP contribution is -2.45. The van der Waals surface area contributed by atoms with Gasteiger partial charge in [-0.15, -0.1) is 0 Å². The summed E-state index contributed by atoms with van der Waals surface area (Å²) < 4.78 is 45.6. The molecule has 5 N–H and O–H groups in total. The second kappa shape index (κ2) is 14.6. The third kappa shape index (κ3) is 8.11. The third-order valence-electron chi connectivity index (χ3n) is 7.86. The molecule has 0 amide bonds. The van der Waals surface area contributed by atoms with Crippen molar-refractivity contribution in [2.75, 3.05) is 26.1 Å². The topological polar surface area (TPSA) is 202 Å². The predicted octanol–water partition coefficient (Wildman–Crippen LogP) is 4.74. The number of hydrogen-bond acceptors (Lipinski definition) is 13. The maximum atomic E-state index is 14.7. The minimum Gasteiger partial charge on any atom is -0.479 e. The number of nitrogens with zero attached hydrogens (tertiary/aromatic N) is 4. The summed E-state index contributed by atoms with van der Waals surface area (Å²) in [5, 5.41) is 27.2. The van der Waals surface area contributed by atoms with Gasteiger partial charge in [0.15, 0.2) is 21.2 Å². The molecular formula is C32H42IN6O9P. The number of rotatable bonds is 13. The van der Waals surface area contributed by atoms with Gasteiger partial charge in [0.2, 0.25) is 11.8 Å². The average Bonchev–Trinajstić information content (AvgIpc) is 3.48. The fourth-order valence-corrected chi connectivity index (χ4v) is 7.69. The standard InChI is InChI=1S/C32H42IN6O9P/c1-7-11-20(27(41)45-17-31(2,3)4)38-49(43,48-21-15-10-13-18-12-8-9-14-19(18)21)46-16-22-24(40)32(5,42)28(47-22)39-25-23(35-29(39)33)26(44-6)37-30(34)36-25/h8-10,12-15,20,22,24,28,40,42H,7,11,16-17H2,1-6H3,(H,38,43)(H2,34,36,37)/t20-,22+,24+,28?,32+,49?/m0/s1. The maximum absolute atomic E-state index is 14.7. The third-order valence-corrected chi connectivity index (χ3v) is 10.2. The van der Waals surface area contributed by atoms with E-state index in [0.29, 0.717) is 15.6 Å². The van der Waals surface area contributed by atoms with Gasteiger partial charge >= 0.3 is 13.7 Å². The number of hydrogen-bond donors (Lipinski definition) is 4. The molecule has 5 rings (SSSR count). The van der Waals surface area contributed by atoms with Gasteiger partial charge in [-0.2, -0.15) is 15.1 Å². The van der Waals surface area contributed by atoms with E-state index >= 15 is 0 Å². The Balaban J connectivity index is 1.45. The molecule has 17 heteroatoms. The van der Waals surface area contributed by atoms with Crippen LogP contribution in [0, 0.1) is 9.25 Å². The number of aliphatic hydroxyl groups is 2. The molecule has 49 heavy (non-hydrogen) atoms. The Morgan fingerprint density at radius 2 is 1.92 bits per heavy atom. The molecule has 15 nitrogen and oxygen atoms in total. The van der Waals surface area contributed by atoms with Gasteiger partial charge in [-0.1, -0.05) is 70.5 Å². The number of ether oxygens (including phenoxy) is 3. The van der Waals surface area contributed by atoms with Crippen molar-refractivity contribution < 1.29 is 42.8 Å². The van der Waals surface area contributed by atoms with E-state index in [2.05, 4.69) is 20.0 Å². The van der Waals surface area contributed by atoms with E-state index in [4.69, 9.17) is 29.0 Å². The van der Waals surface area contributed by atoms with E-state index in [9.17, 15) is 19.6 Å². The molecule has 1 fully saturated rings. The molecule has 266 valence electrons. The summed E-state index contributed by atoms with van der Waals surface area (Å²) in [4.78, 5) is 26.0. The van der Waals surface area contributed by atoms with Crippen LogP contribution in [-0.2, 0) is 23.4 Å². The number of carbonyl (C=O) groups excluding carboxylic acids is 1. The molecule has 0 radical (unpaired) electrons. The Morgan fingerprint density at radius 3 is 2.61 bits per heavy atom. The van der Waals surface area contributed by atoms with E-state index in [1.54, 1.807) is 12.1 Å². The zero-order valence-electron chi connectivity index (χ0n) is 28.1. The lowest BCUT2D eigenvalue weighted by molar-refractivity contribution is -0.148. The van der Waals surface area contributed by atoms with Crippen molar-refractivity contribution in [2.24, 2.45) is 5.41 Å². The predicted molar refractivity (Wildman–Crippen MR) is 190 cm³/mol. The molecule has 0 aliphatic carbocycles. The van der Waals surface area contributed by atoms with Gasteiger partial charge in [-0.25, -0.2) is 9.55 Å². The summed E-state index contributed by atoms with van der Waals surface area (Å²) in [7, 11) is -3.00. The largest absolute Gasteiger partial charge is 0.479 e. The smallest absolute Gasteiger partial charge is 0.459 e. The van der Waals surface area contributed by atoms with Gasteiger partial charge in [-0.3, -0.25) is 13.9 Å². The van der Waals surface area contributed by atoms with Crippen molar-refractivity contribution in [2.45, 2.75) is 77.5 Å². The van der Waals surface area contributed by atoms with Crippen LogP contribution >= 0.6 is 30.3 Å². The zero-order chi connectivity index (χ0) is 35.7. The highest BCUT2D eigenvalue weighted by atomic mass is 127. The lowest BCUT2D eigenvalue weighted by atomic mass is 9.96. The number of nitrogen functional groups attached to an aromatic ring is 1. The number of aromatic nitrogens is 4. The number of benzene rings is 2. The molecule has 2 aromatic heterocycles. The molecule has 0 saturated carbocycles. The first-order chi connectivity index (χ1) is 23.1. The second-order valence-corrected chi connectivity index (χ2v) is 15.9. The highest BCUT2D eigenvalue weighted by Crippen LogP contribution is 2.49. The van der Waals surface area contributed by atoms with Crippen LogP contribution in [0.3, 0.4) is 0 Å². The van der Waals surface area contributed by atoms with E-state index in [0.717, 1.165) is 5.39 Å². The van der Waals surface area contributed by atoms with Gasteiger partial charge < -0.3 is 34.7 Å². The van der Waals surface area contributed by atoms with Gasteiger partial charge in [0.1, 0.15) is 29.6 Å². The van der Waals surface area contributed by atoms with Crippen molar-refractivity contribution in [3.05, 3.63) is 46.3 Å². The Labute approximate surface area is 297 Å². The van der Waals surface area contributed by atoms with E-state index in [1.165, 1.54) is 18.6 Å². The van der Waals surface area contributed by atoms with Crippen molar-refractivity contribution in [3.63, 3.8) is 0 Å². The summed E-state index contributed by atoms with van der Waals surface area (Å²) in [6, 6.07) is 11.6. The van der Waals surface area contributed by atoms with E-state index in [-0.39, 0.29) is 47.2 Å². The normalized spacial score (nSPS) is 23.0. The van der Waals surface area contributed by atoms with Crippen LogP contribution in [0.1, 0.15) is 53.7 Å². The second-order valence-electron chi connectivity index (χ2n) is 13.2. The molecule has 0 spiro atoms. The Bertz CT molecular complexity index is 1860. The fraction of sp³-hybridized carbons (Fsp3) is 0.500. The fourth-order valence-electron chi connectivity index (χ4n) is 5.41. The molecule has 2 aromatic carbocycles. The zero-order valence-corrected chi connectivity index (χ0v) is 31.2. The van der Waals surface area contributed by atoms with Crippen molar-refractivity contribution in [1.82, 2.24) is 24.6 Å². The lowest BCUT2D eigenvalue weighted by Gasteiger charge is -2.28. The van der Waals surface area contributed by atoms with E-state index < -0.39 is 50.4 Å². The van der Waals surface area contributed by atoms with Crippen LogP contribution in [0.2, 0.25) is 0 Å². The molecule has 1 aliphatic rings. The monoisotopic (exact) mass is 812 g/mol. The number of imidazole rings is 1. The summed E-state index contributed by atoms with van der Waals surface area (Å²) in [5.41, 5.74) is 4.18. The number of anilines is 1. The first kappa shape index (κ1) is 37.1. The summed E-state index contributed by atoms with van der Waals surface area (Å²) in [5.74, 6) is -0.339. The quantitative estimate of drug-likeness (QED) is 0.0624. The van der Waals surface area contributed by atoms with Crippen LogP contribution in [0.25, 0.3) is 21.9 Å². The molecule has 1 aliphatic heterocycles. The van der Waals surface area contributed by atoms with Gasteiger partial charge in [-0.05, 0) is 30.2 Å². The number of halogens is 1. The number of fused-ring (bicyclic) bond motifs is 2. The average molecular weight is 813 g/mol. The molecule has 3 heterocycles. The summed E-state index contributed by atoms with van der Waals surface area (Å²) in [6.45, 7) is 8.69. The Kier molecular flexibility index (Phi) is 11.1. The number of methoxy groups -OCH3 is 1. The number of aliphatic hydroxyl groups excluding tert-OH is 1.